The van der Waals surface area contributed by atoms with Gasteiger partial charge in [-0.05, 0) is 61.4 Å². The standard InChI is InChI=1S/C27H30N4O5S/c1-20(23-10-6-4-7-11-23)29-26(32)19-36-25-16-14-22(15-17-25)18-28-30-27(33)21(2)31(37(3,34)35)24-12-8-5-9-13-24/h4-18,20-21H,19H2,1-3H3,(H,29,32)(H,30,33)/b28-18-/t20-,21-/m0/s1. The number of rotatable bonds is 11. The van der Waals surface area contributed by atoms with Crippen LogP contribution in [0.1, 0.15) is 31.0 Å². The smallest absolute Gasteiger partial charge is 0.263 e. The number of hydrogen-bond donors (Lipinski definition) is 2. The molecular weight excluding hydrogens is 492 g/mol. The van der Waals surface area contributed by atoms with E-state index < -0.39 is 22.0 Å². The summed E-state index contributed by atoms with van der Waals surface area (Å²) in [5, 5.41) is 6.82. The van der Waals surface area contributed by atoms with Crippen LogP contribution in [-0.4, -0.2) is 45.4 Å². The first-order valence-electron chi connectivity index (χ1n) is 11.6. The third-order valence-corrected chi connectivity index (χ3v) is 6.66. The van der Waals surface area contributed by atoms with Gasteiger partial charge in [0.2, 0.25) is 10.0 Å². The van der Waals surface area contributed by atoms with Gasteiger partial charge in [-0.3, -0.25) is 13.9 Å². The number of carbonyl (C=O) groups excluding carboxylic acids is 2. The molecule has 0 aliphatic heterocycles. The zero-order valence-corrected chi connectivity index (χ0v) is 21.7. The van der Waals surface area contributed by atoms with Crippen molar-refractivity contribution in [1.82, 2.24) is 10.7 Å². The summed E-state index contributed by atoms with van der Waals surface area (Å²) in [6.07, 6.45) is 2.47. The average molecular weight is 523 g/mol. The van der Waals surface area contributed by atoms with Gasteiger partial charge < -0.3 is 10.1 Å². The molecule has 3 rings (SSSR count). The summed E-state index contributed by atoms with van der Waals surface area (Å²) in [5.41, 5.74) is 4.44. The lowest BCUT2D eigenvalue weighted by Gasteiger charge is -2.27. The molecule has 2 amide bonds. The Bertz CT molecular complexity index is 1310. The fraction of sp³-hybridized carbons (Fsp3) is 0.222. The van der Waals surface area contributed by atoms with Crippen LogP contribution in [0.2, 0.25) is 0 Å². The number of nitrogens with zero attached hydrogens (tertiary/aromatic N) is 2. The summed E-state index contributed by atoms with van der Waals surface area (Å²) >= 11 is 0. The molecule has 0 aliphatic carbocycles. The van der Waals surface area contributed by atoms with Gasteiger partial charge >= 0.3 is 0 Å². The molecule has 0 spiro atoms. The molecule has 37 heavy (non-hydrogen) atoms. The van der Waals surface area contributed by atoms with Crippen molar-refractivity contribution in [2.24, 2.45) is 5.10 Å². The largest absolute Gasteiger partial charge is 0.484 e. The number of hydrazone groups is 1. The Morgan fingerprint density at radius 3 is 2.14 bits per heavy atom. The predicted molar refractivity (Wildman–Crippen MR) is 144 cm³/mol. The van der Waals surface area contributed by atoms with Crippen LogP contribution in [-0.2, 0) is 19.6 Å². The Morgan fingerprint density at radius 1 is 0.946 bits per heavy atom. The minimum absolute atomic E-state index is 0.128. The molecule has 3 aromatic rings. The summed E-state index contributed by atoms with van der Waals surface area (Å²) in [4.78, 5) is 24.8. The Kier molecular flexibility index (Phi) is 9.39. The van der Waals surface area contributed by atoms with Crippen molar-refractivity contribution >= 4 is 33.7 Å². The van der Waals surface area contributed by atoms with Gasteiger partial charge in [-0.15, -0.1) is 0 Å². The second-order valence-electron chi connectivity index (χ2n) is 8.36. The monoisotopic (exact) mass is 522 g/mol. The first kappa shape index (κ1) is 27.4. The normalized spacial score (nSPS) is 12.9. The van der Waals surface area contributed by atoms with Crippen molar-refractivity contribution < 1.29 is 22.7 Å². The van der Waals surface area contributed by atoms with Crippen molar-refractivity contribution in [3.05, 3.63) is 96.1 Å². The maximum absolute atomic E-state index is 12.6. The topological polar surface area (TPSA) is 117 Å². The van der Waals surface area contributed by atoms with E-state index in [1.807, 2.05) is 37.3 Å². The van der Waals surface area contributed by atoms with E-state index in [1.54, 1.807) is 54.6 Å². The van der Waals surface area contributed by atoms with Crippen LogP contribution >= 0.6 is 0 Å². The van der Waals surface area contributed by atoms with Crippen molar-refractivity contribution in [3.8, 4) is 5.75 Å². The van der Waals surface area contributed by atoms with Gasteiger partial charge in [-0.1, -0.05) is 48.5 Å². The molecule has 10 heteroatoms. The maximum atomic E-state index is 12.6. The van der Waals surface area contributed by atoms with E-state index in [4.69, 9.17) is 4.74 Å². The van der Waals surface area contributed by atoms with Crippen LogP contribution in [0.4, 0.5) is 5.69 Å². The van der Waals surface area contributed by atoms with Gasteiger partial charge in [-0.25, -0.2) is 13.8 Å². The van der Waals surface area contributed by atoms with E-state index in [9.17, 15) is 18.0 Å². The lowest BCUT2D eigenvalue weighted by Crippen LogP contribution is -2.46. The SMILES string of the molecule is C[C@H](NC(=O)COc1ccc(/C=N\NC(=O)[C@H](C)N(c2ccccc2)S(C)(=O)=O)cc1)c1ccccc1. The highest BCUT2D eigenvalue weighted by Gasteiger charge is 2.28. The fourth-order valence-electron chi connectivity index (χ4n) is 3.55. The molecule has 0 fully saturated rings. The molecule has 2 atom stereocenters. The second kappa shape index (κ2) is 12.7. The summed E-state index contributed by atoms with van der Waals surface area (Å²) < 4.78 is 31.2. The van der Waals surface area contributed by atoms with Crippen LogP contribution in [0.25, 0.3) is 0 Å². The van der Waals surface area contributed by atoms with Gasteiger partial charge in [0.25, 0.3) is 11.8 Å². The zero-order valence-electron chi connectivity index (χ0n) is 20.9. The highest BCUT2D eigenvalue weighted by atomic mass is 32.2. The Balaban J connectivity index is 1.50. The van der Waals surface area contributed by atoms with Crippen LogP contribution in [0.15, 0.2) is 90.0 Å². The average Bonchev–Trinajstić information content (AvgIpc) is 2.88. The van der Waals surface area contributed by atoms with Crippen molar-refractivity contribution in [3.63, 3.8) is 0 Å². The van der Waals surface area contributed by atoms with Gasteiger partial charge in [0.15, 0.2) is 6.61 Å². The highest BCUT2D eigenvalue weighted by molar-refractivity contribution is 7.92. The van der Waals surface area contributed by atoms with Gasteiger partial charge in [0, 0.05) is 0 Å². The third kappa shape index (κ3) is 8.18. The molecule has 0 saturated carbocycles. The maximum Gasteiger partial charge on any atom is 0.263 e. The van der Waals surface area contributed by atoms with E-state index >= 15 is 0 Å². The molecule has 0 saturated heterocycles. The van der Waals surface area contributed by atoms with E-state index in [1.165, 1.54) is 13.1 Å². The van der Waals surface area contributed by atoms with E-state index in [2.05, 4.69) is 15.8 Å². The molecule has 0 bridgehead atoms. The minimum Gasteiger partial charge on any atom is -0.484 e. The van der Waals surface area contributed by atoms with Crippen LogP contribution in [0.5, 0.6) is 5.75 Å². The summed E-state index contributed by atoms with van der Waals surface area (Å²) in [7, 11) is -3.70. The number of amides is 2. The highest BCUT2D eigenvalue weighted by Crippen LogP contribution is 2.20. The zero-order chi connectivity index (χ0) is 26.8. The molecule has 0 radical (unpaired) electrons. The first-order valence-corrected chi connectivity index (χ1v) is 13.4. The van der Waals surface area contributed by atoms with Gasteiger partial charge in [-0.2, -0.15) is 5.10 Å². The molecule has 3 aromatic carbocycles. The van der Waals surface area contributed by atoms with Crippen molar-refractivity contribution in [2.75, 3.05) is 17.2 Å². The molecule has 0 unspecified atom stereocenters. The number of benzene rings is 3. The number of para-hydroxylation sites is 1. The van der Waals surface area contributed by atoms with E-state index in [0.29, 0.717) is 17.0 Å². The number of hydrogen-bond acceptors (Lipinski definition) is 6. The Hall–Kier alpha value is -4.18. The van der Waals surface area contributed by atoms with Crippen LogP contribution in [0, 0.1) is 0 Å². The molecular formula is C27H30N4O5S. The number of carbonyl (C=O) groups is 2. The first-order chi connectivity index (χ1) is 17.6. The van der Waals surface area contributed by atoms with Crippen molar-refractivity contribution in [2.45, 2.75) is 25.9 Å². The third-order valence-electron chi connectivity index (χ3n) is 5.41. The summed E-state index contributed by atoms with van der Waals surface area (Å²) in [5.74, 6) is -0.317. The number of nitrogens with one attached hydrogen (secondary N) is 2. The quantitative estimate of drug-likeness (QED) is 0.296. The molecule has 2 N–H and O–H groups in total. The van der Waals surface area contributed by atoms with Crippen LogP contribution in [0.3, 0.4) is 0 Å². The Morgan fingerprint density at radius 2 is 1.54 bits per heavy atom. The molecule has 0 heterocycles. The number of ether oxygens (including phenoxy) is 1. The molecule has 194 valence electrons. The van der Waals surface area contributed by atoms with E-state index in [-0.39, 0.29) is 18.6 Å². The summed E-state index contributed by atoms with van der Waals surface area (Å²) in [6.45, 7) is 3.26. The van der Waals surface area contributed by atoms with Gasteiger partial charge in [0.1, 0.15) is 11.8 Å². The molecule has 0 aromatic heterocycles. The predicted octanol–water partition coefficient (Wildman–Crippen LogP) is 3.25. The lowest BCUT2D eigenvalue weighted by molar-refractivity contribution is -0.124. The number of sulfonamides is 1. The molecule has 0 aliphatic rings. The second-order valence-corrected chi connectivity index (χ2v) is 10.2. The Labute approximate surface area is 217 Å². The lowest BCUT2D eigenvalue weighted by atomic mass is 10.1. The van der Waals surface area contributed by atoms with Crippen molar-refractivity contribution in [1.29, 1.82) is 0 Å². The van der Waals surface area contributed by atoms with E-state index in [0.717, 1.165) is 16.1 Å². The molecule has 9 nitrogen and oxygen atoms in total. The fourth-order valence-corrected chi connectivity index (χ4v) is 4.73. The number of anilines is 1. The summed E-state index contributed by atoms with van der Waals surface area (Å²) in [6, 6.07) is 23.7. The van der Waals surface area contributed by atoms with Crippen LogP contribution < -0.4 is 19.8 Å². The minimum atomic E-state index is -3.70. The van der Waals surface area contributed by atoms with Gasteiger partial charge in [0.05, 0.1) is 24.2 Å².